The third-order valence-corrected chi connectivity index (χ3v) is 3.43. The highest BCUT2D eigenvalue weighted by Crippen LogP contribution is 2.11. The number of hydrogen-bond donors (Lipinski definition) is 0. The van der Waals surface area contributed by atoms with E-state index in [4.69, 9.17) is 0 Å². The number of benzene rings is 1. The van der Waals surface area contributed by atoms with Gasteiger partial charge in [-0.15, -0.1) is 0 Å². The largest absolute Gasteiger partial charge is 0.0917 e. The minimum Gasteiger partial charge on any atom is -0.0917 e. The summed E-state index contributed by atoms with van der Waals surface area (Å²) in [6, 6.07) is 9.21. The van der Waals surface area contributed by atoms with Gasteiger partial charge in [0.2, 0.25) is 0 Å². The van der Waals surface area contributed by atoms with Gasteiger partial charge >= 0.3 is 0 Å². The fraction of sp³-hybridized carbons (Fsp3) is 0.556. The minimum absolute atomic E-state index is 1.16. The molecule has 0 saturated carbocycles. The first-order valence-corrected chi connectivity index (χ1v) is 7.55. The standard InChI is InChI=1S/C18H28/c1-3-5-7-8-10-12-18-15-13-17(14-16-18)11-9-6-4-2/h4,6,13-16H,3,5,7-12H2,1-2H3/b6-4+. The second kappa shape index (κ2) is 9.94. The Hall–Kier alpha value is -1.04. The van der Waals surface area contributed by atoms with Gasteiger partial charge in [0.05, 0.1) is 0 Å². The van der Waals surface area contributed by atoms with Crippen LogP contribution in [-0.4, -0.2) is 0 Å². The van der Waals surface area contributed by atoms with Crippen LogP contribution in [0.4, 0.5) is 0 Å². The first-order valence-electron chi connectivity index (χ1n) is 7.55. The van der Waals surface area contributed by atoms with Crippen molar-refractivity contribution in [3.05, 3.63) is 47.5 Å². The average Bonchev–Trinajstić information content (AvgIpc) is 2.40. The predicted molar refractivity (Wildman–Crippen MR) is 82.0 cm³/mol. The zero-order valence-corrected chi connectivity index (χ0v) is 12.1. The maximum atomic E-state index is 2.31. The van der Waals surface area contributed by atoms with E-state index in [0.29, 0.717) is 0 Å². The van der Waals surface area contributed by atoms with Crippen LogP contribution in [0, 0.1) is 0 Å². The SMILES string of the molecule is C/C=C/CCc1ccc(CCCCCCC)cc1. The third-order valence-electron chi connectivity index (χ3n) is 3.43. The van der Waals surface area contributed by atoms with Gasteiger partial charge in [-0.25, -0.2) is 0 Å². The van der Waals surface area contributed by atoms with Crippen LogP contribution in [0.5, 0.6) is 0 Å². The van der Waals surface area contributed by atoms with Gasteiger partial charge in [0.15, 0.2) is 0 Å². The maximum absolute atomic E-state index is 2.31. The van der Waals surface area contributed by atoms with Crippen molar-refractivity contribution in [2.24, 2.45) is 0 Å². The highest BCUT2D eigenvalue weighted by Gasteiger charge is 1.95. The van der Waals surface area contributed by atoms with E-state index >= 15 is 0 Å². The van der Waals surface area contributed by atoms with Crippen LogP contribution in [0.2, 0.25) is 0 Å². The average molecular weight is 244 g/mol. The van der Waals surface area contributed by atoms with Gasteiger partial charge in [0, 0.05) is 0 Å². The second-order valence-corrected chi connectivity index (χ2v) is 5.09. The summed E-state index contributed by atoms with van der Waals surface area (Å²) >= 11 is 0. The molecule has 0 amide bonds. The zero-order chi connectivity index (χ0) is 13.1. The molecule has 1 aromatic rings. The molecule has 0 spiro atoms. The normalized spacial score (nSPS) is 11.2. The summed E-state index contributed by atoms with van der Waals surface area (Å²) in [5.41, 5.74) is 2.96. The molecule has 0 aliphatic rings. The van der Waals surface area contributed by atoms with Crippen LogP contribution >= 0.6 is 0 Å². The van der Waals surface area contributed by atoms with E-state index in [9.17, 15) is 0 Å². The summed E-state index contributed by atoms with van der Waals surface area (Å²) < 4.78 is 0. The molecule has 0 N–H and O–H groups in total. The quantitative estimate of drug-likeness (QED) is 0.385. The summed E-state index contributed by atoms with van der Waals surface area (Å²) in [6.07, 6.45) is 14.8. The van der Waals surface area contributed by atoms with Crippen molar-refractivity contribution in [3.8, 4) is 0 Å². The monoisotopic (exact) mass is 244 g/mol. The topological polar surface area (TPSA) is 0 Å². The number of aryl methyl sites for hydroxylation is 2. The third kappa shape index (κ3) is 6.64. The molecule has 0 atom stereocenters. The van der Waals surface area contributed by atoms with Gasteiger partial charge in [-0.2, -0.15) is 0 Å². The van der Waals surface area contributed by atoms with Crippen molar-refractivity contribution < 1.29 is 0 Å². The van der Waals surface area contributed by atoms with E-state index in [-0.39, 0.29) is 0 Å². The summed E-state index contributed by atoms with van der Waals surface area (Å²) in [6.45, 7) is 4.36. The Balaban J connectivity index is 2.23. The first-order chi connectivity index (χ1) is 8.86. The highest BCUT2D eigenvalue weighted by atomic mass is 14.0. The predicted octanol–water partition coefficient (Wildman–Crippen LogP) is 5.71. The Morgan fingerprint density at radius 1 is 0.833 bits per heavy atom. The molecule has 0 bridgehead atoms. The number of hydrogen-bond acceptors (Lipinski definition) is 0. The van der Waals surface area contributed by atoms with Gasteiger partial charge in [0.25, 0.3) is 0 Å². The van der Waals surface area contributed by atoms with Crippen LogP contribution in [0.3, 0.4) is 0 Å². The molecule has 0 nitrogen and oxygen atoms in total. The van der Waals surface area contributed by atoms with Crippen molar-refractivity contribution >= 4 is 0 Å². The summed E-state index contributed by atoms with van der Waals surface area (Å²) in [7, 11) is 0. The van der Waals surface area contributed by atoms with Crippen molar-refractivity contribution in [1.82, 2.24) is 0 Å². The second-order valence-electron chi connectivity index (χ2n) is 5.09. The fourth-order valence-corrected chi connectivity index (χ4v) is 2.22. The Kier molecular flexibility index (Phi) is 8.29. The van der Waals surface area contributed by atoms with E-state index in [1.165, 1.54) is 56.1 Å². The Bertz CT molecular complexity index is 318. The summed E-state index contributed by atoms with van der Waals surface area (Å²) in [4.78, 5) is 0. The smallest absolute Gasteiger partial charge is 0.0244 e. The van der Waals surface area contributed by atoms with Gasteiger partial charge in [-0.1, -0.05) is 69.0 Å². The van der Waals surface area contributed by atoms with Crippen LogP contribution in [-0.2, 0) is 12.8 Å². The Morgan fingerprint density at radius 2 is 1.44 bits per heavy atom. The van der Waals surface area contributed by atoms with Gasteiger partial charge in [-0.05, 0) is 43.7 Å². The van der Waals surface area contributed by atoms with Crippen molar-refractivity contribution in [2.45, 2.75) is 65.2 Å². The molecule has 0 saturated heterocycles. The molecule has 1 rings (SSSR count). The van der Waals surface area contributed by atoms with Crippen LogP contribution < -0.4 is 0 Å². The minimum atomic E-state index is 1.16. The highest BCUT2D eigenvalue weighted by molar-refractivity contribution is 5.23. The van der Waals surface area contributed by atoms with Gasteiger partial charge in [0.1, 0.15) is 0 Å². The first kappa shape index (κ1) is 15.0. The van der Waals surface area contributed by atoms with Crippen LogP contribution in [0.25, 0.3) is 0 Å². The van der Waals surface area contributed by atoms with E-state index < -0.39 is 0 Å². The van der Waals surface area contributed by atoms with Crippen molar-refractivity contribution in [1.29, 1.82) is 0 Å². The molecule has 0 aliphatic heterocycles. The molecule has 0 aliphatic carbocycles. The van der Waals surface area contributed by atoms with E-state index in [1.54, 1.807) is 0 Å². The molecule has 0 aromatic heterocycles. The van der Waals surface area contributed by atoms with Crippen molar-refractivity contribution in [2.75, 3.05) is 0 Å². The molecule has 0 radical (unpaired) electrons. The molecule has 0 unspecified atom stereocenters. The molecular weight excluding hydrogens is 216 g/mol. The number of unbranched alkanes of at least 4 members (excludes halogenated alkanes) is 4. The molecule has 18 heavy (non-hydrogen) atoms. The summed E-state index contributed by atoms with van der Waals surface area (Å²) in [5, 5.41) is 0. The maximum Gasteiger partial charge on any atom is -0.0244 e. The number of allylic oxidation sites excluding steroid dienone is 2. The zero-order valence-electron chi connectivity index (χ0n) is 12.1. The Morgan fingerprint density at radius 3 is 2.06 bits per heavy atom. The fourth-order valence-electron chi connectivity index (χ4n) is 2.22. The van der Waals surface area contributed by atoms with Gasteiger partial charge in [-0.3, -0.25) is 0 Å². The van der Waals surface area contributed by atoms with E-state index in [2.05, 4.69) is 50.3 Å². The molecule has 100 valence electrons. The Labute approximate surface area is 113 Å². The molecule has 0 heteroatoms. The number of rotatable bonds is 9. The van der Waals surface area contributed by atoms with Gasteiger partial charge < -0.3 is 0 Å². The molecule has 0 fully saturated rings. The van der Waals surface area contributed by atoms with Crippen molar-refractivity contribution in [3.63, 3.8) is 0 Å². The van der Waals surface area contributed by atoms with Crippen LogP contribution in [0.15, 0.2) is 36.4 Å². The molecule has 1 aromatic carbocycles. The van der Waals surface area contributed by atoms with Crippen LogP contribution in [0.1, 0.15) is 63.5 Å². The lowest BCUT2D eigenvalue weighted by molar-refractivity contribution is 0.632. The summed E-state index contributed by atoms with van der Waals surface area (Å²) in [5.74, 6) is 0. The van der Waals surface area contributed by atoms with E-state index in [1.807, 2.05) is 0 Å². The lowest BCUT2D eigenvalue weighted by Gasteiger charge is -2.04. The lowest BCUT2D eigenvalue weighted by Crippen LogP contribution is -1.88. The molecular formula is C18H28. The molecule has 0 heterocycles. The van der Waals surface area contributed by atoms with E-state index in [0.717, 1.165) is 6.42 Å². The lowest BCUT2D eigenvalue weighted by atomic mass is 10.0.